The van der Waals surface area contributed by atoms with E-state index in [1.807, 2.05) is 17.0 Å². The minimum absolute atomic E-state index is 0.0405. The first-order valence-electron chi connectivity index (χ1n) is 8.94. The minimum Gasteiger partial charge on any atom is -0.368 e. The zero-order valence-electron chi connectivity index (χ0n) is 15.0. The van der Waals surface area contributed by atoms with E-state index in [9.17, 15) is 19.7 Å². The highest BCUT2D eigenvalue weighted by Gasteiger charge is 2.25. The number of hydrogen-bond donors (Lipinski definition) is 1. The van der Waals surface area contributed by atoms with Crippen LogP contribution in [0.3, 0.4) is 0 Å². The van der Waals surface area contributed by atoms with E-state index in [0.29, 0.717) is 37.1 Å². The lowest BCUT2D eigenvalue weighted by molar-refractivity contribution is -0.384. The van der Waals surface area contributed by atoms with E-state index >= 15 is 0 Å². The SMILES string of the molecule is O=C(c1c[nH]c2ccccc2c1=O)N1CCN(c2cccc([N+](=O)[O-])c2)CC1. The van der Waals surface area contributed by atoms with Crippen molar-refractivity contribution < 1.29 is 9.72 Å². The highest BCUT2D eigenvalue weighted by Crippen LogP contribution is 2.22. The fourth-order valence-corrected chi connectivity index (χ4v) is 3.47. The van der Waals surface area contributed by atoms with Gasteiger partial charge in [-0.3, -0.25) is 19.7 Å². The van der Waals surface area contributed by atoms with Crippen LogP contribution in [0.1, 0.15) is 10.4 Å². The molecule has 1 aliphatic rings. The molecule has 0 bridgehead atoms. The second-order valence-corrected chi connectivity index (χ2v) is 6.63. The predicted molar refractivity (Wildman–Crippen MR) is 106 cm³/mol. The number of carbonyl (C=O) groups is 1. The number of carbonyl (C=O) groups excluding carboxylic acids is 1. The van der Waals surface area contributed by atoms with Crippen LogP contribution >= 0.6 is 0 Å². The van der Waals surface area contributed by atoms with Gasteiger partial charge in [0.25, 0.3) is 11.6 Å². The van der Waals surface area contributed by atoms with Crippen LogP contribution in [0.2, 0.25) is 0 Å². The molecule has 0 radical (unpaired) electrons. The molecule has 1 N–H and O–H groups in total. The van der Waals surface area contributed by atoms with E-state index < -0.39 is 4.92 Å². The number of H-pyrrole nitrogens is 1. The molecular formula is C20H18N4O4. The summed E-state index contributed by atoms with van der Waals surface area (Å²) in [7, 11) is 0. The molecule has 2 aromatic carbocycles. The van der Waals surface area contributed by atoms with Gasteiger partial charge in [0, 0.05) is 61.1 Å². The zero-order chi connectivity index (χ0) is 19.7. The lowest BCUT2D eigenvalue weighted by Gasteiger charge is -2.36. The van der Waals surface area contributed by atoms with Crippen molar-refractivity contribution in [2.75, 3.05) is 31.1 Å². The molecule has 8 nitrogen and oxygen atoms in total. The maximum atomic E-state index is 12.8. The number of para-hydroxylation sites is 1. The summed E-state index contributed by atoms with van der Waals surface area (Å²) in [6, 6.07) is 13.5. The number of fused-ring (bicyclic) bond motifs is 1. The largest absolute Gasteiger partial charge is 0.368 e. The normalized spacial score (nSPS) is 14.3. The summed E-state index contributed by atoms with van der Waals surface area (Å²) in [5.41, 5.74) is 1.34. The summed E-state index contributed by atoms with van der Waals surface area (Å²) in [6.45, 7) is 1.96. The number of amides is 1. The number of anilines is 1. The molecule has 0 unspecified atom stereocenters. The molecule has 1 fully saturated rings. The van der Waals surface area contributed by atoms with Gasteiger partial charge in [-0.05, 0) is 18.2 Å². The Morgan fingerprint density at radius 2 is 1.79 bits per heavy atom. The highest BCUT2D eigenvalue weighted by molar-refractivity contribution is 5.97. The molecular weight excluding hydrogens is 360 g/mol. The van der Waals surface area contributed by atoms with Crippen LogP contribution in [0.5, 0.6) is 0 Å². The van der Waals surface area contributed by atoms with Gasteiger partial charge in [-0.1, -0.05) is 18.2 Å². The summed E-state index contributed by atoms with van der Waals surface area (Å²) in [6.07, 6.45) is 1.47. The van der Waals surface area contributed by atoms with Crippen molar-refractivity contribution in [3.8, 4) is 0 Å². The van der Waals surface area contributed by atoms with Crippen LogP contribution in [0.25, 0.3) is 10.9 Å². The van der Waals surface area contributed by atoms with Gasteiger partial charge in [0.2, 0.25) is 5.43 Å². The number of hydrogen-bond acceptors (Lipinski definition) is 5. The Balaban J connectivity index is 1.50. The van der Waals surface area contributed by atoms with E-state index in [1.54, 1.807) is 29.2 Å². The van der Waals surface area contributed by atoms with E-state index in [4.69, 9.17) is 0 Å². The van der Waals surface area contributed by atoms with Gasteiger partial charge in [0.1, 0.15) is 5.56 Å². The number of nitrogens with one attached hydrogen (secondary N) is 1. The molecule has 0 aliphatic carbocycles. The van der Waals surface area contributed by atoms with Gasteiger partial charge in [-0.25, -0.2) is 0 Å². The van der Waals surface area contributed by atoms with Crippen LogP contribution in [0, 0.1) is 10.1 Å². The Morgan fingerprint density at radius 3 is 2.54 bits per heavy atom. The standard InChI is InChI=1S/C20H18N4O4/c25-19-16-6-1-2-7-18(16)21-13-17(19)20(26)23-10-8-22(9-11-23)14-4-3-5-15(12-14)24(27)28/h1-7,12-13H,8-11H2,(H,21,25). The van der Waals surface area contributed by atoms with Gasteiger partial charge < -0.3 is 14.8 Å². The molecule has 1 saturated heterocycles. The summed E-state index contributed by atoms with van der Waals surface area (Å²) in [4.78, 5) is 42.7. The number of aromatic nitrogens is 1. The summed E-state index contributed by atoms with van der Waals surface area (Å²) < 4.78 is 0. The smallest absolute Gasteiger partial charge is 0.271 e. The first-order valence-corrected chi connectivity index (χ1v) is 8.94. The molecule has 4 rings (SSSR count). The van der Waals surface area contributed by atoms with Crippen molar-refractivity contribution in [1.29, 1.82) is 0 Å². The lowest BCUT2D eigenvalue weighted by atomic mass is 10.1. The van der Waals surface area contributed by atoms with Crippen LogP contribution < -0.4 is 10.3 Å². The number of nitro benzene ring substituents is 1. The monoisotopic (exact) mass is 378 g/mol. The average Bonchev–Trinajstić information content (AvgIpc) is 2.74. The van der Waals surface area contributed by atoms with Gasteiger partial charge in [-0.2, -0.15) is 0 Å². The maximum absolute atomic E-state index is 12.8. The second kappa shape index (κ2) is 7.15. The van der Waals surface area contributed by atoms with Crippen LogP contribution in [-0.2, 0) is 0 Å². The third-order valence-electron chi connectivity index (χ3n) is 4.99. The molecule has 0 spiro atoms. The first-order chi connectivity index (χ1) is 13.5. The van der Waals surface area contributed by atoms with Crippen molar-refractivity contribution in [2.24, 2.45) is 0 Å². The van der Waals surface area contributed by atoms with E-state index in [2.05, 4.69) is 4.98 Å². The number of benzene rings is 2. The Morgan fingerprint density at radius 1 is 1.04 bits per heavy atom. The summed E-state index contributed by atoms with van der Waals surface area (Å²) >= 11 is 0. The Hall–Kier alpha value is -3.68. The van der Waals surface area contributed by atoms with Crippen LogP contribution in [0.4, 0.5) is 11.4 Å². The van der Waals surface area contributed by atoms with Gasteiger partial charge in [0.15, 0.2) is 0 Å². The molecule has 1 aromatic heterocycles. The van der Waals surface area contributed by atoms with Crippen LogP contribution in [0.15, 0.2) is 59.5 Å². The highest BCUT2D eigenvalue weighted by atomic mass is 16.6. The summed E-state index contributed by atoms with van der Waals surface area (Å²) in [5, 5.41) is 11.5. The Kier molecular flexibility index (Phi) is 4.52. The fourth-order valence-electron chi connectivity index (χ4n) is 3.47. The Bertz CT molecular complexity index is 1120. The first kappa shape index (κ1) is 17.7. The van der Waals surface area contributed by atoms with Crippen molar-refractivity contribution >= 4 is 28.2 Å². The number of nitrogens with zero attached hydrogens (tertiary/aromatic N) is 3. The number of aromatic amines is 1. The number of rotatable bonds is 3. The van der Waals surface area contributed by atoms with Crippen molar-refractivity contribution in [2.45, 2.75) is 0 Å². The minimum atomic E-state index is -0.421. The third kappa shape index (κ3) is 3.20. The molecule has 142 valence electrons. The van der Waals surface area contributed by atoms with Gasteiger partial charge in [0.05, 0.1) is 4.92 Å². The van der Waals surface area contributed by atoms with Crippen molar-refractivity contribution in [3.05, 3.63) is 80.6 Å². The van der Waals surface area contributed by atoms with Gasteiger partial charge in [-0.15, -0.1) is 0 Å². The summed E-state index contributed by atoms with van der Waals surface area (Å²) in [5.74, 6) is -0.300. The third-order valence-corrected chi connectivity index (χ3v) is 4.99. The molecule has 0 saturated carbocycles. The molecule has 2 heterocycles. The zero-order valence-corrected chi connectivity index (χ0v) is 15.0. The molecule has 28 heavy (non-hydrogen) atoms. The topological polar surface area (TPSA) is 99.6 Å². The predicted octanol–water partition coefficient (Wildman–Crippen LogP) is 2.40. The molecule has 8 heteroatoms. The lowest BCUT2D eigenvalue weighted by Crippen LogP contribution is -2.49. The maximum Gasteiger partial charge on any atom is 0.271 e. The molecule has 0 atom stereocenters. The number of pyridine rings is 1. The van der Waals surface area contributed by atoms with Crippen LogP contribution in [-0.4, -0.2) is 46.9 Å². The van der Waals surface area contributed by atoms with E-state index in [-0.39, 0.29) is 22.6 Å². The average molecular weight is 378 g/mol. The molecule has 1 aliphatic heterocycles. The van der Waals surface area contributed by atoms with E-state index in [0.717, 1.165) is 5.69 Å². The second-order valence-electron chi connectivity index (χ2n) is 6.63. The van der Waals surface area contributed by atoms with E-state index in [1.165, 1.54) is 18.3 Å². The Labute approximate surface area is 160 Å². The molecule has 1 amide bonds. The number of piperazine rings is 1. The van der Waals surface area contributed by atoms with Crippen molar-refractivity contribution in [1.82, 2.24) is 9.88 Å². The van der Waals surface area contributed by atoms with Crippen molar-refractivity contribution in [3.63, 3.8) is 0 Å². The quantitative estimate of drug-likeness (QED) is 0.557. The fraction of sp³-hybridized carbons (Fsp3) is 0.200. The molecule has 3 aromatic rings. The number of nitro groups is 1. The number of non-ortho nitro benzene ring substituents is 1. The van der Waals surface area contributed by atoms with Gasteiger partial charge >= 0.3 is 0 Å².